The van der Waals surface area contributed by atoms with Gasteiger partial charge in [0.15, 0.2) is 0 Å². The van der Waals surface area contributed by atoms with Crippen LogP contribution in [0.1, 0.15) is 22.7 Å². The maximum Gasteiger partial charge on any atom is 0.0897 e. The van der Waals surface area contributed by atoms with Crippen molar-refractivity contribution in [1.82, 2.24) is 15.6 Å². The highest BCUT2D eigenvalue weighted by atomic mass is 32.1. The van der Waals surface area contributed by atoms with E-state index < -0.39 is 0 Å². The van der Waals surface area contributed by atoms with Gasteiger partial charge >= 0.3 is 0 Å². The average molecular weight is 213 g/mol. The fourth-order valence-electron chi connectivity index (χ4n) is 1.25. The Morgan fingerprint density at radius 3 is 2.79 bits per heavy atom. The lowest BCUT2D eigenvalue weighted by atomic mass is 10.3. The first-order chi connectivity index (χ1) is 6.83. The number of nitrogens with one attached hydrogen (secondary N) is 2. The summed E-state index contributed by atoms with van der Waals surface area (Å²) >= 11 is 1.77. The minimum Gasteiger partial charge on any atom is -0.320 e. The lowest BCUT2D eigenvalue weighted by Crippen LogP contribution is -2.16. The topological polar surface area (TPSA) is 37.0 Å². The number of hydrogen-bond acceptors (Lipinski definition) is 4. The molecule has 0 atom stereocenters. The number of thiazole rings is 1. The number of rotatable bonds is 7. The molecule has 0 aliphatic rings. The Labute approximate surface area is 89.9 Å². The molecule has 0 bridgehead atoms. The van der Waals surface area contributed by atoms with Gasteiger partial charge in [-0.25, -0.2) is 4.98 Å². The summed E-state index contributed by atoms with van der Waals surface area (Å²) in [5.41, 5.74) is 0. The zero-order valence-corrected chi connectivity index (χ0v) is 9.78. The lowest BCUT2D eigenvalue weighted by Gasteiger charge is -2.02. The van der Waals surface area contributed by atoms with Crippen LogP contribution in [0.4, 0.5) is 0 Å². The van der Waals surface area contributed by atoms with Crippen LogP contribution in [-0.4, -0.2) is 25.1 Å². The molecular formula is C10H19N3S. The maximum absolute atomic E-state index is 4.21. The van der Waals surface area contributed by atoms with Crippen LogP contribution in [-0.2, 0) is 6.54 Å². The molecule has 0 unspecified atom stereocenters. The monoisotopic (exact) mass is 213 g/mol. The van der Waals surface area contributed by atoms with E-state index in [1.54, 1.807) is 11.3 Å². The standard InChI is InChI=1S/C10H19N3S/c1-9-13-8-10(14-9)7-12-6-4-3-5-11-2/h8,11-12H,3-7H2,1-2H3. The van der Waals surface area contributed by atoms with Crippen LogP contribution in [0.25, 0.3) is 0 Å². The van der Waals surface area contributed by atoms with Gasteiger partial charge < -0.3 is 10.6 Å². The van der Waals surface area contributed by atoms with Crippen molar-refractivity contribution >= 4 is 11.3 Å². The molecule has 3 nitrogen and oxygen atoms in total. The number of unbranched alkanes of at least 4 members (excludes halogenated alkanes) is 1. The van der Waals surface area contributed by atoms with Crippen LogP contribution in [0.2, 0.25) is 0 Å². The highest BCUT2D eigenvalue weighted by Gasteiger charge is 1.96. The summed E-state index contributed by atoms with van der Waals surface area (Å²) in [6.07, 6.45) is 4.43. The third-order valence-corrected chi connectivity index (χ3v) is 2.91. The Hall–Kier alpha value is -0.450. The molecule has 0 fully saturated rings. The van der Waals surface area contributed by atoms with E-state index in [-0.39, 0.29) is 0 Å². The molecule has 1 aromatic rings. The third-order valence-electron chi connectivity index (χ3n) is 2.00. The Balaban J connectivity index is 1.99. The number of aryl methyl sites for hydroxylation is 1. The second-order valence-corrected chi connectivity index (χ2v) is 4.65. The van der Waals surface area contributed by atoms with Crippen molar-refractivity contribution in [2.75, 3.05) is 20.1 Å². The smallest absolute Gasteiger partial charge is 0.0897 e. The summed E-state index contributed by atoms with van der Waals surface area (Å²) in [4.78, 5) is 5.54. The molecule has 2 N–H and O–H groups in total. The van der Waals surface area contributed by atoms with E-state index in [1.807, 2.05) is 20.2 Å². The van der Waals surface area contributed by atoms with E-state index in [2.05, 4.69) is 15.6 Å². The summed E-state index contributed by atoms with van der Waals surface area (Å²) in [7, 11) is 1.99. The zero-order valence-electron chi connectivity index (χ0n) is 8.97. The largest absolute Gasteiger partial charge is 0.320 e. The maximum atomic E-state index is 4.21. The Bertz CT molecular complexity index is 247. The first-order valence-corrected chi connectivity index (χ1v) is 5.91. The fourth-order valence-corrected chi connectivity index (χ4v) is 2.01. The van der Waals surface area contributed by atoms with E-state index in [9.17, 15) is 0 Å². The van der Waals surface area contributed by atoms with Gasteiger partial charge in [0, 0.05) is 17.6 Å². The van der Waals surface area contributed by atoms with Crippen molar-refractivity contribution < 1.29 is 0 Å². The molecule has 0 aliphatic carbocycles. The molecule has 0 aromatic carbocycles. The van der Waals surface area contributed by atoms with E-state index in [0.29, 0.717) is 0 Å². The van der Waals surface area contributed by atoms with Crippen LogP contribution >= 0.6 is 11.3 Å². The van der Waals surface area contributed by atoms with Gasteiger partial charge in [0.25, 0.3) is 0 Å². The lowest BCUT2D eigenvalue weighted by molar-refractivity contribution is 0.608. The van der Waals surface area contributed by atoms with E-state index in [1.165, 1.54) is 17.7 Å². The van der Waals surface area contributed by atoms with Crippen LogP contribution in [0, 0.1) is 6.92 Å². The molecule has 14 heavy (non-hydrogen) atoms. The zero-order chi connectivity index (χ0) is 10.2. The van der Waals surface area contributed by atoms with Crippen molar-refractivity contribution in [3.8, 4) is 0 Å². The summed E-state index contributed by atoms with van der Waals surface area (Å²) in [5, 5.41) is 7.71. The molecule has 80 valence electrons. The predicted molar refractivity (Wildman–Crippen MR) is 61.7 cm³/mol. The molecule has 4 heteroatoms. The molecule has 1 heterocycles. The average Bonchev–Trinajstić information content (AvgIpc) is 2.58. The second-order valence-electron chi connectivity index (χ2n) is 3.33. The van der Waals surface area contributed by atoms with Crippen molar-refractivity contribution in [1.29, 1.82) is 0 Å². The Morgan fingerprint density at radius 2 is 2.14 bits per heavy atom. The van der Waals surface area contributed by atoms with Crippen LogP contribution in [0.3, 0.4) is 0 Å². The molecule has 1 rings (SSSR count). The number of nitrogens with zero attached hydrogens (tertiary/aromatic N) is 1. The highest BCUT2D eigenvalue weighted by Crippen LogP contribution is 2.10. The van der Waals surface area contributed by atoms with Crippen molar-refractivity contribution in [3.05, 3.63) is 16.1 Å². The van der Waals surface area contributed by atoms with Gasteiger partial charge in [0.1, 0.15) is 0 Å². The van der Waals surface area contributed by atoms with Gasteiger partial charge in [-0.2, -0.15) is 0 Å². The predicted octanol–water partition coefficient (Wildman–Crippen LogP) is 1.54. The molecule has 0 amide bonds. The minimum absolute atomic E-state index is 0.963. The van der Waals surface area contributed by atoms with Crippen LogP contribution in [0.5, 0.6) is 0 Å². The highest BCUT2D eigenvalue weighted by molar-refractivity contribution is 7.11. The summed E-state index contributed by atoms with van der Waals surface area (Å²) in [5.74, 6) is 0. The normalized spacial score (nSPS) is 10.7. The fraction of sp³-hybridized carbons (Fsp3) is 0.700. The molecule has 1 aromatic heterocycles. The van der Waals surface area contributed by atoms with Crippen molar-refractivity contribution in [3.63, 3.8) is 0 Å². The van der Waals surface area contributed by atoms with E-state index in [4.69, 9.17) is 0 Å². The summed E-state index contributed by atoms with van der Waals surface area (Å²) in [6, 6.07) is 0. The Morgan fingerprint density at radius 1 is 1.36 bits per heavy atom. The summed E-state index contributed by atoms with van der Waals surface area (Å²) < 4.78 is 0. The van der Waals surface area contributed by atoms with Gasteiger partial charge in [-0.3, -0.25) is 0 Å². The first-order valence-electron chi connectivity index (χ1n) is 5.09. The Kier molecular flexibility index (Phi) is 5.75. The molecule has 0 aliphatic heterocycles. The van der Waals surface area contributed by atoms with Crippen LogP contribution in [0.15, 0.2) is 6.20 Å². The van der Waals surface area contributed by atoms with Gasteiger partial charge in [0.05, 0.1) is 5.01 Å². The molecule has 0 saturated carbocycles. The van der Waals surface area contributed by atoms with Gasteiger partial charge in [-0.15, -0.1) is 11.3 Å². The van der Waals surface area contributed by atoms with Gasteiger partial charge in [-0.05, 0) is 39.9 Å². The van der Waals surface area contributed by atoms with E-state index >= 15 is 0 Å². The van der Waals surface area contributed by atoms with Crippen molar-refractivity contribution in [2.24, 2.45) is 0 Å². The first kappa shape index (κ1) is 11.6. The van der Waals surface area contributed by atoms with Crippen LogP contribution < -0.4 is 10.6 Å². The van der Waals surface area contributed by atoms with E-state index in [0.717, 1.165) is 24.6 Å². The summed E-state index contributed by atoms with van der Waals surface area (Å²) in [6.45, 7) is 5.21. The number of hydrogen-bond donors (Lipinski definition) is 2. The second kappa shape index (κ2) is 6.92. The van der Waals surface area contributed by atoms with Gasteiger partial charge in [0.2, 0.25) is 0 Å². The number of aromatic nitrogens is 1. The minimum atomic E-state index is 0.963. The SMILES string of the molecule is CNCCCCNCc1cnc(C)s1. The quantitative estimate of drug-likeness (QED) is 0.675. The van der Waals surface area contributed by atoms with Gasteiger partial charge in [-0.1, -0.05) is 0 Å². The molecule has 0 radical (unpaired) electrons. The molecule has 0 spiro atoms. The third kappa shape index (κ3) is 4.69. The molecule has 0 saturated heterocycles. The molecular weight excluding hydrogens is 194 g/mol. The van der Waals surface area contributed by atoms with Crippen molar-refractivity contribution in [2.45, 2.75) is 26.3 Å².